The SMILES string of the molecule is CC[C@@H](C(=O)c1ccccc1)[C@](O)(CCl)c1ccccc1. The Morgan fingerprint density at radius 1 is 1.10 bits per heavy atom. The van der Waals surface area contributed by atoms with Gasteiger partial charge in [-0.25, -0.2) is 0 Å². The van der Waals surface area contributed by atoms with Gasteiger partial charge >= 0.3 is 0 Å². The van der Waals surface area contributed by atoms with Crippen LogP contribution >= 0.6 is 11.6 Å². The van der Waals surface area contributed by atoms with Crippen LogP contribution in [0.4, 0.5) is 0 Å². The molecule has 0 heterocycles. The van der Waals surface area contributed by atoms with Crippen LogP contribution in [-0.4, -0.2) is 16.8 Å². The van der Waals surface area contributed by atoms with Crippen LogP contribution in [0.2, 0.25) is 0 Å². The normalized spacial score (nSPS) is 15.2. The van der Waals surface area contributed by atoms with E-state index in [1.54, 1.807) is 12.1 Å². The fourth-order valence-corrected chi connectivity index (χ4v) is 2.98. The molecule has 2 nitrogen and oxygen atoms in total. The summed E-state index contributed by atoms with van der Waals surface area (Å²) in [4.78, 5) is 12.7. The van der Waals surface area contributed by atoms with Gasteiger partial charge in [-0.05, 0) is 12.0 Å². The number of carbonyl (C=O) groups excluding carboxylic acids is 1. The van der Waals surface area contributed by atoms with Crippen LogP contribution in [0.3, 0.4) is 0 Å². The third-order valence-electron chi connectivity index (χ3n) is 3.84. The maximum absolute atomic E-state index is 12.7. The molecule has 2 aromatic carbocycles. The standard InChI is InChI=1S/C18H19ClO2/c1-2-16(17(20)14-9-5-3-6-10-14)18(21,13-19)15-11-7-4-8-12-15/h3-12,16,21H,2,13H2,1H3/t16-,18-/m0/s1. The summed E-state index contributed by atoms with van der Waals surface area (Å²) in [6, 6.07) is 18.2. The van der Waals surface area contributed by atoms with Crippen molar-refractivity contribution in [2.75, 3.05) is 5.88 Å². The van der Waals surface area contributed by atoms with Crippen molar-refractivity contribution in [3.8, 4) is 0 Å². The Morgan fingerprint density at radius 2 is 1.62 bits per heavy atom. The zero-order valence-corrected chi connectivity index (χ0v) is 12.8. The van der Waals surface area contributed by atoms with Crippen LogP contribution in [0.1, 0.15) is 29.3 Å². The molecule has 0 fully saturated rings. The molecule has 0 saturated heterocycles. The highest BCUT2D eigenvalue weighted by molar-refractivity contribution is 6.19. The third-order valence-corrected chi connectivity index (χ3v) is 4.24. The first kappa shape index (κ1) is 15.7. The number of Topliss-reactive ketones (excluding diaryl/α,β-unsaturated/α-hetero) is 1. The highest BCUT2D eigenvalue weighted by Gasteiger charge is 2.41. The third kappa shape index (κ3) is 3.17. The highest BCUT2D eigenvalue weighted by Crippen LogP contribution is 2.35. The average Bonchev–Trinajstić information content (AvgIpc) is 2.56. The highest BCUT2D eigenvalue weighted by atomic mass is 35.5. The molecule has 0 aliphatic heterocycles. The maximum atomic E-state index is 12.7. The van der Waals surface area contributed by atoms with E-state index in [4.69, 9.17) is 11.6 Å². The van der Waals surface area contributed by atoms with Crippen LogP contribution in [0.25, 0.3) is 0 Å². The van der Waals surface area contributed by atoms with Gasteiger partial charge in [0.1, 0.15) is 5.60 Å². The van der Waals surface area contributed by atoms with E-state index in [1.807, 2.05) is 55.5 Å². The van der Waals surface area contributed by atoms with Gasteiger partial charge in [0.05, 0.1) is 11.8 Å². The van der Waals surface area contributed by atoms with Gasteiger partial charge < -0.3 is 5.11 Å². The van der Waals surface area contributed by atoms with Crippen molar-refractivity contribution in [2.24, 2.45) is 5.92 Å². The van der Waals surface area contributed by atoms with Crippen LogP contribution < -0.4 is 0 Å². The fourth-order valence-electron chi connectivity index (χ4n) is 2.64. The largest absolute Gasteiger partial charge is 0.383 e. The summed E-state index contributed by atoms with van der Waals surface area (Å²) in [6.45, 7) is 1.89. The molecule has 110 valence electrons. The monoisotopic (exact) mass is 302 g/mol. The lowest BCUT2D eigenvalue weighted by atomic mass is 9.77. The Balaban J connectivity index is 2.41. The molecule has 0 aliphatic carbocycles. The quantitative estimate of drug-likeness (QED) is 0.646. The topological polar surface area (TPSA) is 37.3 Å². The Morgan fingerprint density at radius 3 is 2.10 bits per heavy atom. The Hall–Kier alpha value is -1.64. The van der Waals surface area contributed by atoms with E-state index in [2.05, 4.69) is 0 Å². The Bertz CT molecular complexity index is 583. The summed E-state index contributed by atoms with van der Waals surface area (Å²) >= 11 is 6.05. The van der Waals surface area contributed by atoms with Crippen LogP contribution in [0.15, 0.2) is 60.7 Å². The Kier molecular flexibility index (Phi) is 5.16. The van der Waals surface area contributed by atoms with Crippen molar-refractivity contribution in [3.63, 3.8) is 0 Å². The number of aliphatic hydroxyl groups is 1. The number of hydrogen-bond donors (Lipinski definition) is 1. The van der Waals surface area contributed by atoms with Crippen molar-refractivity contribution in [1.82, 2.24) is 0 Å². The molecule has 21 heavy (non-hydrogen) atoms. The Labute approximate surface area is 130 Å². The molecular formula is C18H19ClO2. The first-order chi connectivity index (χ1) is 10.1. The molecule has 0 bridgehead atoms. The van der Waals surface area contributed by atoms with Gasteiger partial charge in [0.25, 0.3) is 0 Å². The molecule has 2 aromatic rings. The van der Waals surface area contributed by atoms with Gasteiger partial charge in [0, 0.05) is 5.56 Å². The first-order valence-corrected chi connectivity index (χ1v) is 7.60. The lowest BCUT2D eigenvalue weighted by Gasteiger charge is -2.33. The van der Waals surface area contributed by atoms with Crippen LogP contribution in [-0.2, 0) is 5.60 Å². The first-order valence-electron chi connectivity index (χ1n) is 7.06. The molecule has 0 spiro atoms. The summed E-state index contributed by atoms with van der Waals surface area (Å²) in [5.41, 5.74) is -0.0789. The van der Waals surface area contributed by atoms with E-state index >= 15 is 0 Å². The second-order valence-electron chi connectivity index (χ2n) is 5.12. The number of alkyl halides is 1. The second kappa shape index (κ2) is 6.88. The van der Waals surface area contributed by atoms with Gasteiger partial charge in [-0.1, -0.05) is 67.6 Å². The van der Waals surface area contributed by atoms with E-state index in [-0.39, 0.29) is 11.7 Å². The number of benzene rings is 2. The van der Waals surface area contributed by atoms with Crippen molar-refractivity contribution in [2.45, 2.75) is 18.9 Å². The van der Waals surface area contributed by atoms with Gasteiger partial charge in [-0.2, -0.15) is 0 Å². The lowest BCUT2D eigenvalue weighted by molar-refractivity contribution is 0.00224. The zero-order chi connectivity index (χ0) is 15.3. The van der Waals surface area contributed by atoms with Crippen molar-refractivity contribution in [1.29, 1.82) is 0 Å². The molecule has 2 rings (SSSR count). The minimum absolute atomic E-state index is 0.0197. The molecule has 0 radical (unpaired) electrons. The molecule has 0 aliphatic rings. The fraction of sp³-hybridized carbons (Fsp3) is 0.278. The molecule has 1 N–H and O–H groups in total. The van der Waals surface area contributed by atoms with Crippen LogP contribution in [0, 0.1) is 5.92 Å². The van der Waals surface area contributed by atoms with Gasteiger partial charge in [-0.15, -0.1) is 11.6 Å². The number of halogens is 1. The number of ketones is 1. The van der Waals surface area contributed by atoms with Gasteiger partial charge in [-0.3, -0.25) is 4.79 Å². The van der Waals surface area contributed by atoms with E-state index < -0.39 is 11.5 Å². The molecule has 3 heteroatoms. The summed E-state index contributed by atoms with van der Waals surface area (Å²) in [6.07, 6.45) is 0.520. The number of rotatable bonds is 6. The lowest BCUT2D eigenvalue weighted by Crippen LogP contribution is -2.41. The van der Waals surface area contributed by atoms with Crippen molar-refractivity contribution in [3.05, 3.63) is 71.8 Å². The second-order valence-corrected chi connectivity index (χ2v) is 5.38. The predicted octanol–water partition coefficient (Wildman–Crippen LogP) is 4.02. The van der Waals surface area contributed by atoms with Gasteiger partial charge in [0.15, 0.2) is 5.78 Å². The summed E-state index contributed by atoms with van der Waals surface area (Å²) in [5.74, 6) is -0.668. The van der Waals surface area contributed by atoms with Gasteiger partial charge in [0.2, 0.25) is 0 Å². The molecule has 0 amide bonds. The average molecular weight is 303 g/mol. The predicted molar refractivity (Wildman–Crippen MR) is 85.6 cm³/mol. The maximum Gasteiger partial charge on any atom is 0.169 e. The molecule has 0 unspecified atom stereocenters. The van der Waals surface area contributed by atoms with Crippen LogP contribution in [0.5, 0.6) is 0 Å². The summed E-state index contributed by atoms with van der Waals surface area (Å²) < 4.78 is 0. The van der Waals surface area contributed by atoms with E-state index in [1.165, 1.54) is 0 Å². The number of carbonyl (C=O) groups is 1. The summed E-state index contributed by atoms with van der Waals surface area (Å²) in [7, 11) is 0. The summed E-state index contributed by atoms with van der Waals surface area (Å²) in [5, 5.41) is 11.0. The zero-order valence-electron chi connectivity index (χ0n) is 12.0. The molecular weight excluding hydrogens is 284 g/mol. The van der Waals surface area contributed by atoms with E-state index in [0.29, 0.717) is 17.5 Å². The smallest absolute Gasteiger partial charge is 0.169 e. The molecule has 0 saturated carbocycles. The minimum Gasteiger partial charge on any atom is -0.383 e. The van der Waals surface area contributed by atoms with E-state index in [0.717, 1.165) is 0 Å². The van der Waals surface area contributed by atoms with E-state index in [9.17, 15) is 9.90 Å². The minimum atomic E-state index is -1.36. The molecule has 0 aromatic heterocycles. The van der Waals surface area contributed by atoms with Crippen molar-refractivity contribution < 1.29 is 9.90 Å². The number of hydrogen-bond acceptors (Lipinski definition) is 2. The molecule has 2 atom stereocenters. The van der Waals surface area contributed by atoms with Crippen molar-refractivity contribution >= 4 is 17.4 Å².